The van der Waals surface area contributed by atoms with E-state index in [0.29, 0.717) is 16.6 Å². The number of nitrogens with one attached hydrogen (secondary N) is 1. The molecule has 4 rings (SSSR count). The van der Waals surface area contributed by atoms with Gasteiger partial charge >= 0.3 is 0 Å². The Morgan fingerprint density at radius 3 is 2.45 bits per heavy atom. The van der Waals surface area contributed by atoms with Gasteiger partial charge in [0.05, 0.1) is 18.5 Å². The number of amides is 1. The quantitative estimate of drug-likeness (QED) is 0.435. The second-order valence-corrected chi connectivity index (χ2v) is 7.88. The number of rotatable bonds is 7. The summed E-state index contributed by atoms with van der Waals surface area (Å²) in [6.45, 7) is 1.96. The van der Waals surface area contributed by atoms with Crippen LogP contribution in [-0.4, -0.2) is 33.2 Å². The lowest BCUT2D eigenvalue weighted by Gasteiger charge is -2.18. The smallest absolute Gasteiger partial charge is 0.242 e. The minimum atomic E-state index is -0.570. The number of tetrazole rings is 1. The fourth-order valence-corrected chi connectivity index (χ4v) is 4.10. The Hall–Kier alpha value is -3.65. The Bertz CT molecular complexity index is 1170. The lowest BCUT2D eigenvalue weighted by atomic mass is 10.1. The van der Waals surface area contributed by atoms with Crippen LogP contribution in [-0.2, 0) is 4.79 Å². The van der Waals surface area contributed by atoms with Crippen molar-refractivity contribution in [2.24, 2.45) is 0 Å². The van der Waals surface area contributed by atoms with Crippen molar-refractivity contribution in [3.63, 3.8) is 0 Å². The fraction of sp³-hybridized carbons (Fsp3) is 0.130. The number of ether oxygens (including phenoxy) is 1. The standard InChI is InChI=1S/C23H21N5O2S/c1-16-13-14-20(30-2)19(15-16)24-22(29)21(17-9-5-3-6-10-17)31-23-25-26-27-28(23)18-11-7-4-8-12-18/h3-15,21H,1-2H3,(H,24,29)/t21-/m0/s1. The highest BCUT2D eigenvalue weighted by molar-refractivity contribution is 8.00. The molecule has 1 heterocycles. The molecule has 0 fully saturated rings. The molecule has 1 aromatic heterocycles. The van der Waals surface area contributed by atoms with Crippen LogP contribution in [0.1, 0.15) is 16.4 Å². The molecule has 0 bridgehead atoms. The van der Waals surface area contributed by atoms with Gasteiger partial charge in [0.2, 0.25) is 11.1 Å². The van der Waals surface area contributed by atoms with Gasteiger partial charge in [0.25, 0.3) is 0 Å². The maximum absolute atomic E-state index is 13.4. The zero-order valence-corrected chi connectivity index (χ0v) is 17.9. The Labute approximate surface area is 184 Å². The maximum Gasteiger partial charge on any atom is 0.242 e. The van der Waals surface area contributed by atoms with E-state index in [1.165, 1.54) is 11.8 Å². The van der Waals surface area contributed by atoms with Crippen molar-refractivity contribution in [1.29, 1.82) is 0 Å². The van der Waals surface area contributed by atoms with E-state index >= 15 is 0 Å². The molecule has 0 unspecified atom stereocenters. The minimum absolute atomic E-state index is 0.192. The topological polar surface area (TPSA) is 81.9 Å². The van der Waals surface area contributed by atoms with Crippen molar-refractivity contribution in [2.45, 2.75) is 17.3 Å². The van der Waals surface area contributed by atoms with Crippen LogP contribution in [0.15, 0.2) is 84.0 Å². The first-order valence-electron chi connectivity index (χ1n) is 9.66. The number of aromatic nitrogens is 4. The van der Waals surface area contributed by atoms with Gasteiger partial charge in [-0.3, -0.25) is 4.79 Å². The Morgan fingerprint density at radius 1 is 1.03 bits per heavy atom. The van der Waals surface area contributed by atoms with Crippen molar-refractivity contribution >= 4 is 23.4 Å². The van der Waals surface area contributed by atoms with Gasteiger partial charge in [-0.05, 0) is 52.7 Å². The second kappa shape index (κ2) is 9.44. The number of carbonyl (C=O) groups is 1. The molecule has 4 aromatic rings. The normalized spacial score (nSPS) is 11.7. The van der Waals surface area contributed by atoms with E-state index in [4.69, 9.17) is 4.74 Å². The molecule has 3 aromatic carbocycles. The van der Waals surface area contributed by atoms with Crippen LogP contribution in [0, 0.1) is 6.92 Å². The average molecular weight is 432 g/mol. The van der Waals surface area contributed by atoms with Crippen LogP contribution in [0.3, 0.4) is 0 Å². The zero-order valence-electron chi connectivity index (χ0n) is 17.1. The molecule has 0 aliphatic heterocycles. The van der Waals surface area contributed by atoms with Crippen molar-refractivity contribution in [1.82, 2.24) is 20.2 Å². The summed E-state index contributed by atoms with van der Waals surface area (Å²) in [5, 5.41) is 15.0. The Balaban J connectivity index is 1.66. The number of hydrogen-bond acceptors (Lipinski definition) is 6. The molecule has 0 aliphatic carbocycles. The number of benzene rings is 3. The lowest BCUT2D eigenvalue weighted by molar-refractivity contribution is -0.115. The second-order valence-electron chi connectivity index (χ2n) is 6.81. The van der Waals surface area contributed by atoms with Gasteiger partial charge in [-0.25, -0.2) is 0 Å². The Morgan fingerprint density at radius 2 is 1.74 bits per heavy atom. The van der Waals surface area contributed by atoms with Gasteiger partial charge < -0.3 is 10.1 Å². The van der Waals surface area contributed by atoms with E-state index in [9.17, 15) is 4.79 Å². The number of methoxy groups -OCH3 is 1. The highest BCUT2D eigenvalue weighted by Crippen LogP contribution is 2.36. The van der Waals surface area contributed by atoms with Crippen molar-refractivity contribution < 1.29 is 9.53 Å². The van der Waals surface area contributed by atoms with Gasteiger partial charge in [-0.1, -0.05) is 66.4 Å². The number of nitrogens with zero attached hydrogens (tertiary/aromatic N) is 4. The number of aryl methyl sites for hydroxylation is 1. The molecule has 1 N–H and O–H groups in total. The van der Waals surface area contributed by atoms with Gasteiger partial charge in [0, 0.05) is 0 Å². The molecule has 0 saturated heterocycles. The summed E-state index contributed by atoms with van der Waals surface area (Å²) in [5.41, 5.74) is 3.31. The molecule has 1 amide bonds. The van der Waals surface area contributed by atoms with E-state index in [1.807, 2.05) is 85.8 Å². The van der Waals surface area contributed by atoms with Crippen LogP contribution in [0.2, 0.25) is 0 Å². The zero-order chi connectivity index (χ0) is 21.6. The molecule has 0 radical (unpaired) electrons. The van der Waals surface area contributed by atoms with Gasteiger partial charge in [0.15, 0.2) is 0 Å². The SMILES string of the molecule is COc1ccc(C)cc1NC(=O)[C@@H](Sc1nnnn1-c1ccccc1)c1ccccc1. The fourth-order valence-electron chi connectivity index (χ4n) is 3.11. The van der Waals surface area contributed by atoms with Gasteiger partial charge in [-0.2, -0.15) is 4.68 Å². The predicted octanol–water partition coefficient (Wildman–Crippen LogP) is 4.45. The first kappa shape index (κ1) is 20.6. The summed E-state index contributed by atoms with van der Waals surface area (Å²) in [5.74, 6) is 0.410. The summed E-state index contributed by atoms with van der Waals surface area (Å²) >= 11 is 1.29. The van der Waals surface area contributed by atoms with E-state index in [-0.39, 0.29) is 5.91 Å². The molecular formula is C23H21N5O2S. The monoisotopic (exact) mass is 431 g/mol. The van der Waals surface area contributed by atoms with Gasteiger partial charge in [-0.15, -0.1) is 5.10 Å². The van der Waals surface area contributed by atoms with Crippen molar-refractivity contribution in [2.75, 3.05) is 12.4 Å². The molecular weight excluding hydrogens is 410 g/mol. The summed E-state index contributed by atoms with van der Waals surface area (Å²) in [6.07, 6.45) is 0. The van der Waals surface area contributed by atoms with Crippen LogP contribution in [0.5, 0.6) is 5.75 Å². The number of para-hydroxylation sites is 1. The van der Waals surface area contributed by atoms with Gasteiger partial charge in [0.1, 0.15) is 11.0 Å². The molecule has 156 valence electrons. The maximum atomic E-state index is 13.4. The average Bonchev–Trinajstić information content (AvgIpc) is 3.27. The van der Waals surface area contributed by atoms with Crippen LogP contribution >= 0.6 is 11.8 Å². The number of thioether (sulfide) groups is 1. The third-order valence-electron chi connectivity index (χ3n) is 4.62. The highest BCUT2D eigenvalue weighted by atomic mass is 32.2. The highest BCUT2D eigenvalue weighted by Gasteiger charge is 2.26. The van der Waals surface area contributed by atoms with E-state index < -0.39 is 5.25 Å². The van der Waals surface area contributed by atoms with E-state index in [1.54, 1.807) is 11.8 Å². The number of anilines is 1. The molecule has 0 aliphatic rings. The molecule has 7 nitrogen and oxygen atoms in total. The van der Waals surface area contributed by atoms with Crippen LogP contribution < -0.4 is 10.1 Å². The molecule has 0 saturated carbocycles. The summed E-state index contributed by atoms with van der Waals surface area (Å²) in [4.78, 5) is 13.4. The first-order valence-corrected chi connectivity index (χ1v) is 10.5. The summed E-state index contributed by atoms with van der Waals surface area (Å²) in [7, 11) is 1.58. The summed E-state index contributed by atoms with van der Waals surface area (Å²) < 4.78 is 7.04. The minimum Gasteiger partial charge on any atom is -0.495 e. The van der Waals surface area contributed by atoms with E-state index in [0.717, 1.165) is 16.8 Å². The number of carbonyl (C=O) groups excluding carboxylic acids is 1. The third-order valence-corrected chi connectivity index (χ3v) is 5.81. The molecule has 8 heteroatoms. The van der Waals surface area contributed by atoms with Crippen LogP contribution in [0.25, 0.3) is 5.69 Å². The lowest BCUT2D eigenvalue weighted by Crippen LogP contribution is -2.20. The van der Waals surface area contributed by atoms with E-state index in [2.05, 4.69) is 20.8 Å². The van der Waals surface area contributed by atoms with Crippen molar-refractivity contribution in [3.8, 4) is 11.4 Å². The Kier molecular flexibility index (Phi) is 6.28. The number of hydrogen-bond donors (Lipinski definition) is 1. The largest absolute Gasteiger partial charge is 0.495 e. The molecule has 31 heavy (non-hydrogen) atoms. The summed E-state index contributed by atoms with van der Waals surface area (Å²) in [6, 6.07) is 24.8. The third kappa shape index (κ3) is 4.75. The molecule has 0 spiro atoms. The van der Waals surface area contributed by atoms with Crippen molar-refractivity contribution in [3.05, 3.63) is 90.0 Å². The predicted molar refractivity (Wildman–Crippen MR) is 121 cm³/mol. The first-order chi connectivity index (χ1) is 15.2. The molecule has 1 atom stereocenters. The van der Waals surface area contributed by atoms with Crippen LogP contribution in [0.4, 0.5) is 5.69 Å².